The summed E-state index contributed by atoms with van der Waals surface area (Å²) in [5.41, 5.74) is 1.73. The molecule has 0 saturated carbocycles. The highest BCUT2D eigenvalue weighted by atomic mass is 16.5. The summed E-state index contributed by atoms with van der Waals surface area (Å²) in [7, 11) is 2.07. The lowest BCUT2D eigenvalue weighted by Gasteiger charge is -2.30. The number of hydrogen-bond donors (Lipinski definition) is 1. The number of fused-ring (bicyclic) bond motifs is 1. The van der Waals surface area contributed by atoms with Gasteiger partial charge < -0.3 is 10.1 Å². The van der Waals surface area contributed by atoms with E-state index >= 15 is 0 Å². The Morgan fingerprint density at radius 3 is 2.74 bits per heavy atom. The summed E-state index contributed by atoms with van der Waals surface area (Å²) in [5.74, 6) is 1.68. The summed E-state index contributed by atoms with van der Waals surface area (Å²) in [6.07, 6.45) is 3.72. The van der Waals surface area contributed by atoms with E-state index in [2.05, 4.69) is 57.4 Å². The van der Waals surface area contributed by atoms with Gasteiger partial charge in [0.05, 0.1) is 6.61 Å². The van der Waals surface area contributed by atoms with Gasteiger partial charge in [-0.3, -0.25) is 0 Å². The molecule has 2 unspecified atom stereocenters. The van der Waals surface area contributed by atoms with Crippen LogP contribution < -0.4 is 10.1 Å². The molecule has 0 aliphatic carbocycles. The number of para-hydroxylation sites is 1. The van der Waals surface area contributed by atoms with Gasteiger partial charge in [0, 0.05) is 17.5 Å². The molecule has 0 spiro atoms. The molecule has 0 amide bonds. The Bertz CT molecular complexity index is 408. The summed E-state index contributed by atoms with van der Waals surface area (Å²) in [4.78, 5) is 0. The van der Waals surface area contributed by atoms with Crippen molar-refractivity contribution < 1.29 is 4.74 Å². The summed E-state index contributed by atoms with van der Waals surface area (Å²) in [6, 6.07) is 9.06. The lowest BCUT2D eigenvalue weighted by molar-refractivity contribution is 0.256. The summed E-state index contributed by atoms with van der Waals surface area (Å²) >= 11 is 0. The van der Waals surface area contributed by atoms with Crippen LogP contribution in [0.5, 0.6) is 5.75 Å². The molecule has 2 nitrogen and oxygen atoms in total. The molecule has 106 valence electrons. The van der Waals surface area contributed by atoms with E-state index in [-0.39, 0.29) is 0 Å². The van der Waals surface area contributed by atoms with Crippen LogP contribution in [0.3, 0.4) is 0 Å². The highest BCUT2D eigenvalue weighted by Crippen LogP contribution is 2.36. The summed E-state index contributed by atoms with van der Waals surface area (Å²) in [5, 5.41) is 3.46. The Labute approximate surface area is 117 Å². The van der Waals surface area contributed by atoms with E-state index < -0.39 is 0 Å². The Morgan fingerprint density at radius 2 is 2.05 bits per heavy atom. The van der Waals surface area contributed by atoms with Crippen molar-refractivity contribution in [3.63, 3.8) is 0 Å². The van der Waals surface area contributed by atoms with E-state index in [9.17, 15) is 0 Å². The van der Waals surface area contributed by atoms with Gasteiger partial charge in [-0.25, -0.2) is 0 Å². The summed E-state index contributed by atoms with van der Waals surface area (Å²) in [6.45, 7) is 7.78. The molecule has 1 aromatic rings. The number of nitrogens with one attached hydrogen (secondary N) is 1. The molecule has 2 atom stereocenters. The smallest absolute Gasteiger partial charge is 0.122 e. The number of hydrogen-bond acceptors (Lipinski definition) is 2. The van der Waals surface area contributed by atoms with E-state index in [0.717, 1.165) is 12.4 Å². The lowest BCUT2D eigenvalue weighted by atomic mass is 9.83. The van der Waals surface area contributed by atoms with Crippen LogP contribution in [0.25, 0.3) is 0 Å². The van der Waals surface area contributed by atoms with Gasteiger partial charge in [0.2, 0.25) is 0 Å². The minimum Gasteiger partial charge on any atom is -0.493 e. The van der Waals surface area contributed by atoms with Crippen LogP contribution in [-0.2, 0) is 0 Å². The van der Waals surface area contributed by atoms with Crippen LogP contribution in [0.1, 0.15) is 51.5 Å². The van der Waals surface area contributed by atoms with Crippen molar-refractivity contribution in [2.24, 2.45) is 5.41 Å². The van der Waals surface area contributed by atoms with Crippen LogP contribution in [0.2, 0.25) is 0 Å². The second-order valence-electron chi connectivity index (χ2n) is 6.68. The monoisotopic (exact) mass is 261 g/mol. The molecule has 0 aromatic heterocycles. The quantitative estimate of drug-likeness (QED) is 0.866. The lowest BCUT2D eigenvalue weighted by Crippen LogP contribution is -2.37. The van der Waals surface area contributed by atoms with Gasteiger partial charge in [-0.2, -0.15) is 0 Å². The zero-order chi connectivity index (χ0) is 13.9. The molecule has 1 N–H and O–H groups in total. The van der Waals surface area contributed by atoms with Gasteiger partial charge in [-0.05, 0) is 31.4 Å². The predicted octanol–water partition coefficient (Wildman–Crippen LogP) is 3.97. The third-order valence-corrected chi connectivity index (χ3v) is 4.24. The Morgan fingerprint density at radius 1 is 1.32 bits per heavy atom. The van der Waals surface area contributed by atoms with Crippen molar-refractivity contribution in [3.8, 4) is 5.75 Å². The van der Waals surface area contributed by atoms with Gasteiger partial charge in [0.25, 0.3) is 0 Å². The first-order chi connectivity index (χ1) is 9.02. The molecule has 19 heavy (non-hydrogen) atoms. The molecular formula is C17H27NO. The minimum atomic E-state index is 0.332. The molecule has 1 aliphatic heterocycles. The maximum atomic E-state index is 5.75. The first-order valence-corrected chi connectivity index (χ1v) is 7.41. The Balaban J connectivity index is 1.84. The first-order valence-electron chi connectivity index (χ1n) is 7.41. The van der Waals surface area contributed by atoms with Crippen LogP contribution >= 0.6 is 0 Å². The van der Waals surface area contributed by atoms with Crippen molar-refractivity contribution in [2.75, 3.05) is 13.7 Å². The van der Waals surface area contributed by atoms with Crippen molar-refractivity contribution in [3.05, 3.63) is 29.8 Å². The highest BCUT2D eigenvalue weighted by molar-refractivity contribution is 5.39. The SMILES string of the molecule is CNC(CCCC1COc2ccccc21)C(C)(C)C. The van der Waals surface area contributed by atoms with Crippen LogP contribution in [0.15, 0.2) is 24.3 Å². The van der Waals surface area contributed by atoms with Crippen molar-refractivity contribution >= 4 is 0 Å². The first kappa shape index (κ1) is 14.4. The van der Waals surface area contributed by atoms with Gasteiger partial charge >= 0.3 is 0 Å². The van der Waals surface area contributed by atoms with Gasteiger partial charge in [-0.1, -0.05) is 45.4 Å². The zero-order valence-corrected chi connectivity index (χ0v) is 12.7. The number of rotatable bonds is 5. The van der Waals surface area contributed by atoms with Crippen molar-refractivity contribution in [1.29, 1.82) is 0 Å². The molecule has 0 fully saturated rings. The van der Waals surface area contributed by atoms with Crippen LogP contribution in [0, 0.1) is 5.41 Å². The van der Waals surface area contributed by atoms with Crippen LogP contribution in [-0.4, -0.2) is 19.7 Å². The largest absolute Gasteiger partial charge is 0.493 e. The fourth-order valence-electron chi connectivity index (χ4n) is 3.05. The molecule has 2 heteroatoms. The summed E-state index contributed by atoms with van der Waals surface area (Å²) < 4.78 is 5.75. The van der Waals surface area contributed by atoms with Crippen molar-refractivity contribution in [1.82, 2.24) is 5.32 Å². The third kappa shape index (κ3) is 3.50. The number of benzene rings is 1. The average Bonchev–Trinajstić information content (AvgIpc) is 2.76. The topological polar surface area (TPSA) is 21.3 Å². The zero-order valence-electron chi connectivity index (χ0n) is 12.7. The molecule has 0 saturated heterocycles. The number of ether oxygens (including phenoxy) is 1. The second-order valence-corrected chi connectivity index (χ2v) is 6.68. The molecule has 1 heterocycles. The molecule has 1 aliphatic rings. The van der Waals surface area contributed by atoms with E-state index in [1.54, 1.807) is 0 Å². The minimum absolute atomic E-state index is 0.332. The molecule has 1 aromatic carbocycles. The van der Waals surface area contributed by atoms with E-state index in [1.165, 1.54) is 24.8 Å². The van der Waals surface area contributed by atoms with Gasteiger partial charge in [0.15, 0.2) is 0 Å². The Kier molecular flexibility index (Phi) is 4.51. The molecular weight excluding hydrogens is 234 g/mol. The molecule has 2 rings (SSSR count). The van der Waals surface area contributed by atoms with E-state index in [4.69, 9.17) is 4.74 Å². The van der Waals surface area contributed by atoms with Gasteiger partial charge in [-0.15, -0.1) is 0 Å². The normalized spacial score (nSPS) is 19.9. The third-order valence-electron chi connectivity index (χ3n) is 4.24. The maximum absolute atomic E-state index is 5.75. The highest BCUT2D eigenvalue weighted by Gasteiger charge is 2.25. The van der Waals surface area contributed by atoms with E-state index in [0.29, 0.717) is 17.4 Å². The molecule has 0 radical (unpaired) electrons. The fourth-order valence-corrected chi connectivity index (χ4v) is 3.05. The van der Waals surface area contributed by atoms with Crippen LogP contribution in [0.4, 0.5) is 0 Å². The average molecular weight is 261 g/mol. The van der Waals surface area contributed by atoms with E-state index in [1.807, 2.05) is 0 Å². The Hall–Kier alpha value is -1.02. The predicted molar refractivity (Wildman–Crippen MR) is 80.8 cm³/mol. The standard InChI is InChI=1S/C17H27NO/c1-17(2,3)16(18-4)11-7-8-13-12-19-15-10-6-5-9-14(13)15/h5-6,9-10,13,16,18H,7-8,11-12H2,1-4H3. The second kappa shape index (κ2) is 5.96. The maximum Gasteiger partial charge on any atom is 0.122 e. The fraction of sp³-hybridized carbons (Fsp3) is 0.647. The molecule has 0 bridgehead atoms. The van der Waals surface area contributed by atoms with Crippen molar-refractivity contribution in [2.45, 2.75) is 52.0 Å². The van der Waals surface area contributed by atoms with Gasteiger partial charge in [0.1, 0.15) is 5.75 Å².